The number of nitrogens with zero attached hydrogens (tertiary/aromatic N) is 2. The molecule has 24 heavy (non-hydrogen) atoms. The monoisotopic (exact) mass is 349 g/mol. The summed E-state index contributed by atoms with van der Waals surface area (Å²) in [6.07, 6.45) is 0. The molecule has 2 aromatic rings. The van der Waals surface area contributed by atoms with Crippen molar-refractivity contribution in [3.63, 3.8) is 0 Å². The molecule has 0 aliphatic carbocycles. The fraction of sp³-hybridized carbons (Fsp3) is 0.312. The lowest BCUT2D eigenvalue weighted by Gasteiger charge is -2.13. The van der Waals surface area contributed by atoms with Gasteiger partial charge in [-0.2, -0.15) is 0 Å². The number of nitrogen functional groups attached to an aromatic ring is 1. The van der Waals surface area contributed by atoms with E-state index in [2.05, 4.69) is 0 Å². The Kier molecular flexibility index (Phi) is 5.53. The second-order valence-corrected chi connectivity index (χ2v) is 6.46. The van der Waals surface area contributed by atoms with Gasteiger partial charge in [-0.25, -0.2) is 4.79 Å². The van der Waals surface area contributed by atoms with Crippen molar-refractivity contribution in [3.8, 4) is 10.4 Å². The van der Waals surface area contributed by atoms with Crippen LogP contribution >= 0.6 is 11.3 Å². The maximum atomic E-state index is 12.3. The molecule has 0 radical (unpaired) electrons. The number of hydrogen-bond acceptors (Lipinski definition) is 7. The summed E-state index contributed by atoms with van der Waals surface area (Å²) in [7, 11) is 3.78. The van der Waals surface area contributed by atoms with Crippen molar-refractivity contribution in [2.45, 2.75) is 13.5 Å². The molecule has 0 saturated carbocycles. The molecule has 0 spiro atoms. The third-order valence-corrected chi connectivity index (χ3v) is 4.44. The van der Waals surface area contributed by atoms with Gasteiger partial charge in [0.2, 0.25) is 0 Å². The van der Waals surface area contributed by atoms with Gasteiger partial charge < -0.3 is 15.4 Å². The highest BCUT2D eigenvalue weighted by Crippen LogP contribution is 2.40. The highest BCUT2D eigenvalue weighted by atomic mass is 32.1. The first-order chi connectivity index (χ1) is 11.3. The van der Waals surface area contributed by atoms with Crippen LogP contribution < -0.4 is 5.73 Å². The molecule has 0 aliphatic heterocycles. The van der Waals surface area contributed by atoms with E-state index in [0.717, 1.165) is 16.0 Å². The zero-order chi connectivity index (χ0) is 17.9. The number of thiophene rings is 1. The Morgan fingerprint density at radius 3 is 2.46 bits per heavy atom. The molecule has 0 amide bonds. The molecule has 0 bridgehead atoms. The van der Waals surface area contributed by atoms with Crippen molar-refractivity contribution in [2.75, 3.05) is 26.4 Å². The lowest BCUT2D eigenvalue weighted by atomic mass is 10.0. The summed E-state index contributed by atoms with van der Waals surface area (Å²) in [6.45, 7) is 2.51. The van der Waals surface area contributed by atoms with Crippen LogP contribution in [0.5, 0.6) is 0 Å². The molecule has 1 heterocycles. The van der Waals surface area contributed by atoms with Gasteiger partial charge in [0.1, 0.15) is 5.00 Å². The summed E-state index contributed by atoms with van der Waals surface area (Å²) in [5.74, 6) is -0.448. The molecule has 128 valence electrons. The van der Waals surface area contributed by atoms with Gasteiger partial charge in [0.05, 0.1) is 17.1 Å². The largest absolute Gasteiger partial charge is 0.462 e. The van der Waals surface area contributed by atoms with Crippen LogP contribution in [0.2, 0.25) is 0 Å². The van der Waals surface area contributed by atoms with Gasteiger partial charge in [-0.3, -0.25) is 10.1 Å². The molecule has 0 saturated heterocycles. The quantitative estimate of drug-likeness (QED) is 0.489. The van der Waals surface area contributed by atoms with E-state index in [4.69, 9.17) is 10.5 Å². The van der Waals surface area contributed by atoms with Gasteiger partial charge in [0.15, 0.2) is 0 Å². The van der Waals surface area contributed by atoms with Crippen LogP contribution in [0.4, 0.5) is 10.7 Å². The molecule has 7 nitrogen and oxygen atoms in total. The number of nitrogens with two attached hydrogens (primary N) is 1. The van der Waals surface area contributed by atoms with Gasteiger partial charge in [-0.1, -0.05) is 0 Å². The molecule has 1 aromatic carbocycles. The maximum Gasteiger partial charge on any atom is 0.341 e. The number of non-ortho nitro benzene ring substituents is 1. The first-order valence-corrected chi connectivity index (χ1v) is 8.14. The predicted octanol–water partition coefficient (Wildman–Crippen LogP) is 3.14. The van der Waals surface area contributed by atoms with Crippen LogP contribution in [0, 0.1) is 10.1 Å². The first kappa shape index (κ1) is 17.9. The number of anilines is 1. The van der Waals surface area contributed by atoms with Crippen molar-refractivity contribution in [2.24, 2.45) is 0 Å². The third-order valence-electron chi connectivity index (χ3n) is 3.33. The SMILES string of the molecule is CCOC(=O)c1c(N)sc(-c2ccc([N+](=O)[O-])cc2)c1CN(C)C. The Morgan fingerprint density at radius 2 is 1.96 bits per heavy atom. The Labute approximate surface area is 143 Å². The molecular weight excluding hydrogens is 330 g/mol. The smallest absolute Gasteiger partial charge is 0.341 e. The topological polar surface area (TPSA) is 98.7 Å². The Bertz CT molecular complexity index is 753. The lowest BCUT2D eigenvalue weighted by molar-refractivity contribution is -0.384. The Morgan fingerprint density at radius 1 is 1.33 bits per heavy atom. The number of ether oxygens (including phenoxy) is 1. The number of carbonyl (C=O) groups is 1. The predicted molar refractivity (Wildman–Crippen MR) is 94.2 cm³/mol. The summed E-state index contributed by atoms with van der Waals surface area (Å²) in [6, 6.07) is 6.21. The summed E-state index contributed by atoms with van der Waals surface area (Å²) in [4.78, 5) is 25.4. The fourth-order valence-corrected chi connectivity index (χ4v) is 3.42. The molecule has 1 aromatic heterocycles. The summed E-state index contributed by atoms with van der Waals surface area (Å²) in [5.41, 5.74) is 8.01. The van der Waals surface area contributed by atoms with E-state index in [-0.39, 0.29) is 12.3 Å². The van der Waals surface area contributed by atoms with Crippen molar-refractivity contribution in [3.05, 3.63) is 45.5 Å². The van der Waals surface area contributed by atoms with Crippen LogP contribution in [-0.4, -0.2) is 36.5 Å². The summed E-state index contributed by atoms with van der Waals surface area (Å²) < 4.78 is 5.11. The number of nitro groups is 1. The van der Waals surface area contributed by atoms with Gasteiger partial charge in [-0.05, 0) is 38.7 Å². The number of esters is 1. The Balaban J connectivity index is 2.54. The van der Waals surface area contributed by atoms with Crippen molar-refractivity contribution >= 4 is 28.0 Å². The van der Waals surface area contributed by atoms with Crippen LogP contribution in [-0.2, 0) is 11.3 Å². The van der Waals surface area contributed by atoms with Gasteiger partial charge in [0.25, 0.3) is 5.69 Å². The molecule has 0 aliphatic rings. The second kappa shape index (κ2) is 7.41. The molecule has 0 fully saturated rings. The van der Waals surface area contributed by atoms with E-state index in [0.29, 0.717) is 17.1 Å². The standard InChI is InChI=1S/C16H19N3O4S/c1-4-23-16(20)13-12(9-18(2)3)14(24-15(13)17)10-5-7-11(8-6-10)19(21)22/h5-8H,4,9,17H2,1-3H3. The third kappa shape index (κ3) is 3.72. The minimum absolute atomic E-state index is 0.0167. The highest BCUT2D eigenvalue weighted by Gasteiger charge is 2.24. The number of carbonyl (C=O) groups excluding carboxylic acids is 1. The van der Waals surface area contributed by atoms with Crippen LogP contribution in [0.25, 0.3) is 10.4 Å². The zero-order valence-electron chi connectivity index (χ0n) is 13.7. The van der Waals surface area contributed by atoms with Crippen molar-refractivity contribution < 1.29 is 14.5 Å². The number of hydrogen-bond donors (Lipinski definition) is 1. The van der Waals surface area contributed by atoms with Gasteiger partial charge >= 0.3 is 5.97 Å². The normalized spacial score (nSPS) is 10.8. The van der Waals surface area contributed by atoms with E-state index in [1.165, 1.54) is 23.5 Å². The zero-order valence-corrected chi connectivity index (χ0v) is 14.6. The van der Waals surface area contributed by atoms with Crippen LogP contribution in [0.3, 0.4) is 0 Å². The fourth-order valence-electron chi connectivity index (χ4n) is 2.35. The number of benzene rings is 1. The molecule has 2 rings (SSSR count). The Hall–Kier alpha value is -2.45. The molecule has 0 unspecified atom stereocenters. The molecule has 8 heteroatoms. The van der Waals surface area contributed by atoms with Gasteiger partial charge in [0, 0.05) is 29.1 Å². The average Bonchev–Trinajstić information content (AvgIpc) is 2.83. The van der Waals surface area contributed by atoms with Crippen LogP contribution in [0.1, 0.15) is 22.8 Å². The number of rotatable bonds is 6. The van der Waals surface area contributed by atoms with E-state index in [1.54, 1.807) is 19.1 Å². The highest BCUT2D eigenvalue weighted by molar-refractivity contribution is 7.19. The summed E-state index contributed by atoms with van der Waals surface area (Å²) in [5, 5.41) is 11.2. The van der Waals surface area contributed by atoms with E-state index in [1.807, 2.05) is 19.0 Å². The van der Waals surface area contributed by atoms with E-state index >= 15 is 0 Å². The lowest BCUT2D eigenvalue weighted by Crippen LogP contribution is -2.15. The van der Waals surface area contributed by atoms with Crippen molar-refractivity contribution in [1.29, 1.82) is 0 Å². The van der Waals surface area contributed by atoms with Crippen LogP contribution in [0.15, 0.2) is 24.3 Å². The van der Waals surface area contributed by atoms with E-state index < -0.39 is 10.9 Å². The van der Waals surface area contributed by atoms with E-state index in [9.17, 15) is 14.9 Å². The molecule has 2 N–H and O–H groups in total. The minimum Gasteiger partial charge on any atom is -0.462 e. The maximum absolute atomic E-state index is 12.3. The van der Waals surface area contributed by atoms with Gasteiger partial charge in [-0.15, -0.1) is 11.3 Å². The average molecular weight is 349 g/mol. The number of nitro benzene ring substituents is 1. The second-order valence-electron chi connectivity index (χ2n) is 5.41. The first-order valence-electron chi connectivity index (χ1n) is 7.33. The molecule has 0 atom stereocenters. The summed E-state index contributed by atoms with van der Waals surface area (Å²) >= 11 is 1.28. The molecular formula is C16H19N3O4S. The van der Waals surface area contributed by atoms with Crippen molar-refractivity contribution in [1.82, 2.24) is 4.90 Å². The minimum atomic E-state index is -0.448.